The van der Waals surface area contributed by atoms with Gasteiger partial charge in [0.25, 0.3) is 0 Å². The fraction of sp³-hybridized carbons (Fsp3) is 0.276. The molecule has 178 valence electrons. The summed E-state index contributed by atoms with van der Waals surface area (Å²) in [4.78, 5) is 14.1. The van der Waals surface area contributed by atoms with Crippen LogP contribution in [0.2, 0.25) is 0 Å². The zero-order valence-corrected chi connectivity index (χ0v) is 22.9. The normalized spacial score (nSPS) is 11.6. The van der Waals surface area contributed by atoms with Gasteiger partial charge >= 0.3 is 0 Å². The molecule has 0 atom stereocenters. The molecule has 0 aliphatic carbocycles. The second-order valence-electron chi connectivity index (χ2n) is 10.4. The van der Waals surface area contributed by atoms with E-state index in [0.29, 0.717) is 0 Å². The Morgan fingerprint density at radius 1 is 0.676 bits per heavy atom. The van der Waals surface area contributed by atoms with Crippen LogP contribution in [-0.4, -0.2) is 15.0 Å². The van der Waals surface area contributed by atoms with E-state index in [4.69, 9.17) is 9.97 Å². The predicted molar refractivity (Wildman–Crippen MR) is 137 cm³/mol. The van der Waals surface area contributed by atoms with Crippen LogP contribution < -0.4 is 5.32 Å². The molecule has 0 saturated heterocycles. The molecule has 4 aromatic rings. The first-order chi connectivity index (χ1) is 15.6. The first-order valence-electron chi connectivity index (χ1n) is 11.3. The quantitative estimate of drug-likeness (QED) is 0.240. The summed E-state index contributed by atoms with van der Waals surface area (Å²) in [5.41, 5.74) is 6.17. The van der Waals surface area contributed by atoms with Gasteiger partial charge in [-0.1, -0.05) is 59.7 Å². The molecule has 0 fully saturated rings. The molecule has 0 radical (unpaired) electrons. The van der Waals surface area contributed by atoms with Crippen molar-refractivity contribution in [3.63, 3.8) is 0 Å². The van der Waals surface area contributed by atoms with Crippen molar-refractivity contribution in [2.24, 2.45) is 0 Å². The molecule has 0 bridgehead atoms. The average molecular weight is 631 g/mol. The van der Waals surface area contributed by atoms with E-state index in [0.717, 1.165) is 34.3 Å². The van der Waals surface area contributed by atoms with E-state index in [9.17, 15) is 0 Å². The fourth-order valence-corrected chi connectivity index (χ4v) is 3.55. The first-order valence-corrected chi connectivity index (χ1v) is 11.3. The number of pyridine rings is 3. The topological polar surface area (TPSA) is 50.7 Å². The van der Waals surface area contributed by atoms with Crippen LogP contribution in [-0.2, 0) is 31.9 Å². The van der Waals surface area contributed by atoms with Gasteiger partial charge in [-0.3, -0.25) is 9.97 Å². The second-order valence-corrected chi connectivity index (χ2v) is 10.4. The van der Waals surface area contributed by atoms with Crippen molar-refractivity contribution in [1.82, 2.24) is 15.0 Å². The molecular weight excluding hydrogens is 599 g/mol. The summed E-state index contributed by atoms with van der Waals surface area (Å²) in [7, 11) is 0. The van der Waals surface area contributed by atoms with Crippen LogP contribution in [0.25, 0.3) is 22.6 Å². The van der Waals surface area contributed by atoms with Gasteiger partial charge in [0.1, 0.15) is 11.6 Å². The Hall–Kier alpha value is -2.84. The number of aromatic nitrogens is 3. The molecule has 5 heteroatoms. The second kappa shape index (κ2) is 10.2. The summed E-state index contributed by atoms with van der Waals surface area (Å²) in [5.74, 6) is 1.47. The van der Waals surface area contributed by atoms with Gasteiger partial charge < -0.3 is 5.32 Å². The number of hydrogen-bond donors (Lipinski definition) is 1. The molecule has 1 N–H and O–H groups in total. The van der Waals surface area contributed by atoms with Crippen molar-refractivity contribution in [1.29, 1.82) is 0 Å². The minimum Gasteiger partial charge on any atom is -0.326 e. The number of nitrogens with zero attached hydrogens (tertiary/aromatic N) is 3. The van der Waals surface area contributed by atoms with Crippen LogP contribution in [0.4, 0.5) is 11.6 Å². The van der Waals surface area contributed by atoms with E-state index >= 15 is 0 Å². The maximum absolute atomic E-state index is 4.81. The molecule has 3 aromatic heterocycles. The van der Waals surface area contributed by atoms with Gasteiger partial charge in [-0.2, -0.15) is 0 Å². The third kappa shape index (κ3) is 6.18. The van der Waals surface area contributed by atoms with E-state index in [1.54, 1.807) is 0 Å². The van der Waals surface area contributed by atoms with Crippen LogP contribution in [0.3, 0.4) is 0 Å². The van der Waals surface area contributed by atoms with Gasteiger partial charge in [0.2, 0.25) is 0 Å². The van der Waals surface area contributed by atoms with Crippen molar-refractivity contribution >= 4 is 11.6 Å². The Kier molecular flexibility index (Phi) is 7.73. The molecule has 3 heterocycles. The molecular formula is C29H31N4Pt-. The number of anilines is 2. The Morgan fingerprint density at radius 3 is 1.91 bits per heavy atom. The van der Waals surface area contributed by atoms with Crippen molar-refractivity contribution < 1.29 is 21.1 Å². The monoisotopic (exact) mass is 630 g/mol. The van der Waals surface area contributed by atoms with E-state index in [1.807, 2.05) is 48.7 Å². The Labute approximate surface area is 217 Å². The number of rotatable bonds is 4. The summed E-state index contributed by atoms with van der Waals surface area (Å²) in [6.45, 7) is 13.2. The van der Waals surface area contributed by atoms with Gasteiger partial charge in [-0.25, -0.2) is 4.98 Å². The average Bonchev–Trinajstić information content (AvgIpc) is 2.78. The van der Waals surface area contributed by atoms with Crippen LogP contribution in [0.15, 0.2) is 72.9 Å². The zero-order chi connectivity index (χ0) is 23.6. The van der Waals surface area contributed by atoms with Gasteiger partial charge in [0.05, 0.1) is 11.4 Å². The third-order valence-electron chi connectivity index (χ3n) is 5.59. The minimum atomic E-state index is 0. The number of hydrogen-bond acceptors (Lipinski definition) is 4. The minimum absolute atomic E-state index is 0. The molecule has 0 spiro atoms. The van der Waals surface area contributed by atoms with Gasteiger partial charge in [-0.15, -0.1) is 35.4 Å². The summed E-state index contributed by atoms with van der Waals surface area (Å²) in [5, 5.41) is 3.35. The maximum atomic E-state index is 4.81. The molecule has 0 saturated carbocycles. The van der Waals surface area contributed by atoms with Crippen molar-refractivity contribution in [2.75, 3.05) is 5.32 Å². The summed E-state index contributed by atoms with van der Waals surface area (Å²) in [6, 6.07) is 25.6. The standard InChI is InChI=1S/C29H31N4.Pt/c1-28(2,3)21-11-7-10-20(18-21)23-12-8-14-26(31-23)33-27-15-9-13-24(32-27)25-19-22(16-17-30-25)29(4,5)6;/h7-9,11-19H,1-6H3,(H,31,32,33);/q-1;. The molecule has 4 rings (SSSR count). The van der Waals surface area contributed by atoms with Crippen molar-refractivity contribution in [2.45, 2.75) is 52.4 Å². The Morgan fingerprint density at radius 2 is 1.26 bits per heavy atom. The molecule has 34 heavy (non-hydrogen) atoms. The SMILES string of the molecule is CC(C)(C)c1cc[c-]c(-c2cccc(Nc3cccc(-c4cc(C(C)(C)C)ccn4)n3)n2)c1.[Pt]. The summed E-state index contributed by atoms with van der Waals surface area (Å²) < 4.78 is 0. The largest absolute Gasteiger partial charge is 0.326 e. The summed E-state index contributed by atoms with van der Waals surface area (Å²) >= 11 is 0. The molecule has 4 nitrogen and oxygen atoms in total. The smallest absolute Gasteiger partial charge is 0.132 e. The number of benzene rings is 1. The van der Waals surface area contributed by atoms with Gasteiger partial charge in [0.15, 0.2) is 0 Å². The number of nitrogens with one attached hydrogen (secondary N) is 1. The third-order valence-corrected chi connectivity index (χ3v) is 5.59. The maximum Gasteiger partial charge on any atom is 0.132 e. The van der Waals surface area contributed by atoms with Gasteiger partial charge in [-0.05, 0) is 52.4 Å². The van der Waals surface area contributed by atoms with Crippen molar-refractivity contribution in [3.05, 3.63) is 90.1 Å². The van der Waals surface area contributed by atoms with E-state index in [-0.39, 0.29) is 31.9 Å². The fourth-order valence-electron chi connectivity index (χ4n) is 3.55. The van der Waals surface area contributed by atoms with Crippen LogP contribution in [0.1, 0.15) is 52.7 Å². The molecule has 0 aliphatic rings. The van der Waals surface area contributed by atoms with Crippen LogP contribution in [0, 0.1) is 6.07 Å². The molecule has 0 aliphatic heterocycles. The van der Waals surface area contributed by atoms with E-state index < -0.39 is 0 Å². The molecule has 1 aromatic carbocycles. The molecule has 0 amide bonds. The van der Waals surface area contributed by atoms with Crippen LogP contribution in [0.5, 0.6) is 0 Å². The zero-order valence-electron chi connectivity index (χ0n) is 20.6. The Balaban J connectivity index is 0.00000324. The summed E-state index contributed by atoms with van der Waals surface area (Å²) in [6.07, 6.45) is 1.85. The van der Waals surface area contributed by atoms with Gasteiger partial charge in [0, 0.05) is 27.3 Å². The van der Waals surface area contributed by atoms with Crippen LogP contribution >= 0.6 is 0 Å². The first kappa shape index (κ1) is 25.8. The van der Waals surface area contributed by atoms with E-state index in [1.165, 1.54) is 11.1 Å². The Bertz CT molecular complexity index is 1170. The molecule has 0 unspecified atom stereocenters. The van der Waals surface area contributed by atoms with E-state index in [2.05, 4.69) is 82.2 Å². The van der Waals surface area contributed by atoms with Crippen molar-refractivity contribution in [3.8, 4) is 22.6 Å². The predicted octanol–water partition coefficient (Wildman–Crippen LogP) is 7.34.